The van der Waals surface area contributed by atoms with E-state index in [-0.39, 0.29) is 5.91 Å². The predicted molar refractivity (Wildman–Crippen MR) is 92.2 cm³/mol. The van der Waals surface area contributed by atoms with Crippen molar-refractivity contribution < 1.29 is 4.79 Å². The van der Waals surface area contributed by atoms with Crippen molar-refractivity contribution in [3.8, 4) is 0 Å². The van der Waals surface area contributed by atoms with Crippen molar-refractivity contribution >= 4 is 39.0 Å². The molecule has 22 heavy (non-hydrogen) atoms. The second-order valence-corrected chi connectivity index (χ2v) is 5.84. The first-order valence-corrected chi connectivity index (χ1v) is 7.61. The number of hydrazone groups is 1. The van der Waals surface area contributed by atoms with E-state index < -0.39 is 0 Å². The van der Waals surface area contributed by atoms with E-state index in [1.165, 1.54) is 0 Å². The molecule has 4 nitrogen and oxygen atoms in total. The van der Waals surface area contributed by atoms with E-state index in [0.717, 1.165) is 26.5 Å². The molecule has 1 amide bonds. The summed E-state index contributed by atoms with van der Waals surface area (Å²) in [6.07, 6.45) is 1.62. The monoisotopic (exact) mass is 355 g/mol. The van der Waals surface area contributed by atoms with Gasteiger partial charge in [0.2, 0.25) is 0 Å². The van der Waals surface area contributed by atoms with Crippen molar-refractivity contribution in [3.63, 3.8) is 0 Å². The molecule has 0 fully saturated rings. The number of aromatic amines is 1. The van der Waals surface area contributed by atoms with Crippen LogP contribution in [-0.2, 0) is 0 Å². The number of hydrogen-bond acceptors (Lipinski definition) is 2. The average Bonchev–Trinajstić information content (AvgIpc) is 2.85. The third-order valence-corrected chi connectivity index (χ3v) is 3.92. The van der Waals surface area contributed by atoms with Crippen molar-refractivity contribution in [1.29, 1.82) is 0 Å². The summed E-state index contributed by atoms with van der Waals surface area (Å²) in [6, 6.07) is 15.5. The van der Waals surface area contributed by atoms with Crippen LogP contribution in [0.2, 0.25) is 0 Å². The highest BCUT2D eigenvalue weighted by Crippen LogP contribution is 2.25. The number of benzene rings is 2. The quantitative estimate of drug-likeness (QED) is 0.541. The highest BCUT2D eigenvalue weighted by Gasteiger charge is 2.14. The fraction of sp³-hybridized carbons (Fsp3) is 0.0588. The van der Waals surface area contributed by atoms with Crippen molar-refractivity contribution in [3.05, 3.63) is 69.8 Å². The molecule has 0 saturated carbocycles. The summed E-state index contributed by atoms with van der Waals surface area (Å²) in [7, 11) is 0. The minimum Gasteiger partial charge on any atom is -0.350 e. The Hall–Kier alpha value is -2.40. The van der Waals surface area contributed by atoms with Crippen molar-refractivity contribution in [2.75, 3.05) is 0 Å². The summed E-state index contributed by atoms with van der Waals surface area (Å²) in [5, 5.41) is 5.01. The smallest absolute Gasteiger partial charge is 0.288 e. The van der Waals surface area contributed by atoms with E-state index in [1.807, 2.05) is 55.5 Å². The van der Waals surface area contributed by atoms with Gasteiger partial charge in [-0.3, -0.25) is 4.79 Å². The third-order valence-electron chi connectivity index (χ3n) is 3.43. The van der Waals surface area contributed by atoms with E-state index in [0.29, 0.717) is 5.69 Å². The van der Waals surface area contributed by atoms with Gasteiger partial charge < -0.3 is 4.98 Å². The number of carbonyl (C=O) groups is 1. The van der Waals surface area contributed by atoms with Gasteiger partial charge in [-0.25, -0.2) is 5.43 Å². The molecule has 5 heteroatoms. The van der Waals surface area contributed by atoms with Gasteiger partial charge in [0.1, 0.15) is 5.69 Å². The molecule has 0 saturated heterocycles. The van der Waals surface area contributed by atoms with Crippen molar-refractivity contribution in [1.82, 2.24) is 10.4 Å². The van der Waals surface area contributed by atoms with Gasteiger partial charge in [0.15, 0.2) is 0 Å². The Morgan fingerprint density at radius 1 is 1.23 bits per heavy atom. The molecule has 0 atom stereocenters. The van der Waals surface area contributed by atoms with Gasteiger partial charge in [0.25, 0.3) is 5.91 Å². The number of nitrogens with zero attached hydrogens (tertiary/aromatic N) is 1. The molecule has 0 radical (unpaired) electrons. The molecule has 3 rings (SSSR count). The first-order valence-electron chi connectivity index (χ1n) is 6.81. The lowest BCUT2D eigenvalue weighted by molar-refractivity contribution is 0.0950. The zero-order valence-electron chi connectivity index (χ0n) is 11.9. The lowest BCUT2D eigenvalue weighted by atomic mass is 10.1. The maximum Gasteiger partial charge on any atom is 0.288 e. The van der Waals surface area contributed by atoms with Crippen LogP contribution in [0.1, 0.15) is 21.6 Å². The van der Waals surface area contributed by atoms with Crippen LogP contribution in [0.15, 0.2) is 58.1 Å². The molecular weight excluding hydrogens is 342 g/mol. The van der Waals surface area contributed by atoms with E-state index >= 15 is 0 Å². The SMILES string of the molecule is Cc1c(C(=O)N/N=C/c2ccccc2)[nH]c2ccc(Br)cc12. The first-order chi connectivity index (χ1) is 10.6. The summed E-state index contributed by atoms with van der Waals surface area (Å²) in [6.45, 7) is 1.92. The molecule has 0 spiro atoms. The third kappa shape index (κ3) is 2.94. The number of carbonyl (C=O) groups excluding carboxylic acids is 1. The van der Waals surface area contributed by atoms with Gasteiger partial charge in [0.05, 0.1) is 6.21 Å². The number of hydrogen-bond donors (Lipinski definition) is 2. The molecule has 1 aromatic heterocycles. The Morgan fingerprint density at radius 3 is 2.77 bits per heavy atom. The van der Waals surface area contributed by atoms with Gasteiger partial charge in [-0.2, -0.15) is 5.10 Å². The summed E-state index contributed by atoms with van der Waals surface area (Å²) in [4.78, 5) is 15.4. The van der Waals surface area contributed by atoms with E-state index in [4.69, 9.17) is 0 Å². The maximum atomic E-state index is 12.2. The number of halogens is 1. The average molecular weight is 356 g/mol. The summed E-state index contributed by atoms with van der Waals surface area (Å²) >= 11 is 3.44. The van der Waals surface area contributed by atoms with Gasteiger partial charge in [-0.05, 0) is 36.2 Å². The lowest BCUT2D eigenvalue weighted by Crippen LogP contribution is -2.18. The number of nitrogens with one attached hydrogen (secondary N) is 2. The minimum atomic E-state index is -0.253. The first kappa shape index (κ1) is 14.5. The van der Waals surface area contributed by atoms with E-state index in [1.54, 1.807) is 6.21 Å². The predicted octanol–water partition coefficient (Wildman–Crippen LogP) is 4.00. The van der Waals surface area contributed by atoms with Gasteiger partial charge >= 0.3 is 0 Å². The number of H-pyrrole nitrogens is 1. The van der Waals surface area contributed by atoms with Crippen LogP contribution < -0.4 is 5.43 Å². The molecule has 2 aromatic carbocycles. The second-order valence-electron chi connectivity index (χ2n) is 4.92. The van der Waals surface area contributed by atoms with E-state index in [2.05, 4.69) is 31.4 Å². The highest BCUT2D eigenvalue weighted by atomic mass is 79.9. The van der Waals surface area contributed by atoms with Gasteiger partial charge in [-0.15, -0.1) is 0 Å². The van der Waals surface area contributed by atoms with Crippen LogP contribution in [0.5, 0.6) is 0 Å². The fourth-order valence-corrected chi connectivity index (χ4v) is 2.65. The molecular formula is C17H14BrN3O. The number of aromatic nitrogens is 1. The van der Waals surface area contributed by atoms with Crippen LogP contribution in [0.3, 0.4) is 0 Å². The Kier molecular flexibility index (Phi) is 4.06. The largest absolute Gasteiger partial charge is 0.350 e. The van der Waals surface area contributed by atoms with Crippen molar-refractivity contribution in [2.24, 2.45) is 5.10 Å². The fourth-order valence-electron chi connectivity index (χ4n) is 2.29. The Balaban J connectivity index is 1.81. The second kappa shape index (κ2) is 6.15. The highest BCUT2D eigenvalue weighted by molar-refractivity contribution is 9.10. The Morgan fingerprint density at radius 2 is 2.00 bits per heavy atom. The number of fused-ring (bicyclic) bond motifs is 1. The molecule has 3 aromatic rings. The van der Waals surface area contributed by atoms with Crippen LogP contribution in [0.25, 0.3) is 10.9 Å². The zero-order valence-corrected chi connectivity index (χ0v) is 13.5. The molecule has 0 aliphatic heterocycles. The molecule has 0 bridgehead atoms. The van der Waals surface area contributed by atoms with Crippen LogP contribution in [-0.4, -0.2) is 17.1 Å². The molecule has 0 unspecified atom stereocenters. The zero-order chi connectivity index (χ0) is 15.5. The summed E-state index contributed by atoms with van der Waals surface area (Å²) in [5.41, 5.74) is 5.84. The summed E-state index contributed by atoms with van der Waals surface area (Å²) < 4.78 is 0.983. The molecule has 2 N–H and O–H groups in total. The topological polar surface area (TPSA) is 57.2 Å². The van der Waals surface area contributed by atoms with Crippen LogP contribution in [0.4, 0.5) is 0 Å². The van der Waals surface area contributed by atoms with Gasteiger partial charge in [-0.1, -0.05) is 46.3 Å². The van der Waals surface area contributed by atoms with E-state index in [9.17, 15) is 4.79 Å². The Bertz CT molecular complexity index is 853. The maximum absolute atomic E-state index is 12.2. The van der Waals surface area contributed by atoms with Crippen LogP contribution in [0, 0.1) is 6.92 Å². The minimum absolute atomic E-state index is 0.253. The Labute approximate surface area is 136 Å². The number of amides is 1. The molecule has 110 valence electrons. The van der Waals surface area contributed by atoms with Crippen LogP contribution >= 0.6 is 15.9 Å². The molecule has 0 aliphatic rings. The normalized spacial score (nSPS) is 11.2. The van der Waals surface area contributed by atoms with Gasteiger partial charge in [0, 0.05) is 15.4 Å². The number of rotatable bonds is 3. The van der Waals surface area contributed by atoms with Crippen molar-refractivity contribution in [2.45, 2.75) is 6.92 Å². The number of aryl methyl sites for hydroxylation is 1. The standard InChI is InChI=1S/C17H14BrN3O/c1-11-14-9-13(18)7-8-15(14)20-16(11)17(22)21-19-10-12-5-3-2-4-6-12/h2-10,20H,1H3,(H,21,22)/b19-10+. The lowest BCUT2D eigenvalue weighted by Gasteiger charge is -1.98. The molecule has 0 aliphatic carbocycles. The summed E-state index contributed by atoms with van der Waals surface area (Å²) in [5.74, 6) is -0.253. The molecule has 1 heterocycles.